The third-order valence-corrected chi connectivity index (χ3v) is 1.15. The average Bonchev–Trinajstić information content (AvgIpc) is 1.82. The normalized spacial score (nSPS) is 20.8. The van der Waals surface area contributed by atoms with E-state index in [-0.39, 0.29) is 0 Å². The maximum absolute atomic E-state index is 11.6. The zero-order valence-corrected chi connectivity index (χ0v) is 5.32. The third-order valence-electron chi connectivity index (χ3n) is 1.15. The number of hydrogen-bond donors (Lipinski definition) is 2. The van der Waals surface area contributed by atoms with Crippen molar-refractivity contribution in [2.45, 2.75) is 24.6 Å². The Hall–Kier alpha value is -0.500. The van der Waals surface area contributed by atoms with Crippen LogP contribution in [0.25, 0.3) is 0 Å². The van der Waals surface area contributed by atoms with Gasteiger partial charge in [-0.25, -0.2) is 13.2 Å². The highest BCUT2D eigenvalue weighted by Gasteiger charge is 2.66. The molecule has 0 rings (SSSR count). The van der Waals surface area contributed by atoms with Crippen LogP contribution in [-0.2, 0) is 0 Å². The van der Waals surface area contributed by atoms with Gasteiger partial charge in [-0.05, 0) is 0 Å². The van der Waals surface area contributed by atoms with Gasteiger partial charge in [-0.15, -0.1) is 0 Å². The first kappa shape index (κ1) is 11.5. The van der Waals surface area contributed by atoms with E-state index in [1.165, 1.54) is 0 Å². The van der Waals surface area contributed by atoms with Crippen molar-refractivity contribution in [1.82, 2.24) is 0 Å². The Morgan fingerprint density at radius 1 is 1.00 bits per heavy atom. The standard InChI is InChI=1S/C4H4F6O2/c5-1(6)3(12,2(7)11)4(8,9)10/h1-2,11-12H. The second kappa shape index (κ2) is 3.09. The van der Waals surface area contributed by atoms with Crippen LogP contribution in [0.15, 0.2) is 0 Å². The van der Waals surface area contributed by atoms with Gasteiger partial charge in [-0.1, -0.05) is 0 Å². The van der Waals surface area contributed by atoms with Gasteiger partial charge in [-0.2, -0.15) is 13.2 Å². The highest BCUT2D eigenvalue weighted by atomic mass is 19.4. The highest BCUT2D eigenvalue weighted by molar-refractivity contribution is 4.91. The van der Waals surface area contributed by atoms with Crippen molar-refractivity contribution in [3.8, 4) is 0 Å². The molecule has 2 N–H and O–H groups in total. The van der Waals surface area contributed by atoms with Crippen molar-refractivity contribution < 1.29 is 36.6 Å². The lowest BCUT2D eigenvalue weighted by atomic mass is 10.1. The summed E-state index contributed by atoms with van der Waals surface area (Å²) in [6, 6.07) is 0. The van der Waals surface area contributed by atoms with Crippen molar-refractivity contribution in [2.24, 2.45) is 0 Å². The Morgan fingerprint density at radius 3 is 1.33 bits per heavy atom. The second-order valence-electron chi connectivity index (χ2n) is 1.96. The lowest BCUT2D eigenvalue weighted by molar-refractivity contribution is -0.345. The van der Waals surface area contributed by atoms with Gasteiger partial charge in [0.05, 0.1) is 0 Å². The molecule has 0 fully saturated rings. The molecule has 2 unspecified atom stereocenters. The summed E-state index contributed by atoms with van der Waals surface area (Å²) in [6.45, 7) is 0. The van der Waals surface area contributed by atoms with Crippen LogP contribution in [0.4, 0.5) is 26.3 Å². The SMILES string of the molecule is OC(F)C(O)(C(F)F)C(F)(F)F. The van der Waals surface area contributed by atoms with Crippen molar-refractivity contribution in [3.63, 3.8) is 0 Å². The van der Waals surface area contributed by atoms with Crippen LogP contribution in [0, 0.1) is 0 Å². The van der Waals surface area contributed by atoms with Gasteiger partial charge in [0.1, 0.15) is 0 Å². The molecule has 12 heavy (non-hydrogen) atoms. The summed E-state index contributed by atoms with van der Waals surface area (Å²) in [4.78, 5) is 0. The average molecular weight is 198 g/mol. The fourth-order valence-corrected chi connectivity index (χ4v) is 0.363. The molecule has 2 atom stereocenters. The summed E-state index contributed by atoms with van der Waals surface area (Å²) in [5.74, 6) is 0. The minimum atomic E-state index is -5.92. The molecule has 0 aromatic rings. The molecule has 0 aliphatic carbocycles. The Kier molecular flexibility index (Phi) is 2.97. The van der Waals surface area contributed by atoms with E-state index in [9.17, 15) is 26.3 Å². The third kappa shape index (κ3) is 1.63. The Morgan fingerprint density at radius 2 is 1.33 bits per heavy atom. The zero-order chi connectivity index (χ0) is 10.2. The van der Waals surface area contributed by atoms with Crippen LogP contribution >= 0.6 is 0 Å². The van der Waals surface area contributed by atoms with Crippen LogP contribution in [0.1, 0.15) is 0 Å². The summed E-state index contributed by atoms with van der Waals surface area (Å²) in [7, 11) is 0. The summed E-state index contributed by atoms with van der Waals surface area (Å²) in [5.41, 5.74) is -5.01. The molecule has 0 saturated carbocycles. The quantitative estimate of drug-likeness (QED) is 0.645. The van der Waals surface area contributed by atoms with E-state index < -0.39 is 24.6 Å². The predicted octanol–water partition coefficient (Wildman–Crippen LogP) is 0.833. The van der Waals surface area contributed by atoms with E-state index in [2.05, 4.69) is 0 Å². The van der Waals surface area contributed by atoms with Gasteiger partial charge in [0.2, 0.25) is 6.36 Å². The molecule has 74 valence electrons. The topological polar surface area (TPSA) is 40.5 Å². The fraction of sp³-hybridized carbons (Fsp3) is 1.00. The lowest BCUT2D eigenvalue weighted by Crippen LogP contribution is -2.58. The van der Waals surface area contributed by atoms with Crippen LogP contribution in [-0.4, -0.2) is 34.8 Å². The molecule has 0 heterocycles. The second-order valence-corrected chi connectivity index (χ2v) is 1.96. The van der Waals surface area contributed by atoms with Crippen molar-refractivity contribution >= 4 is 0 Å². The fourth-order valence-electron chi connectivity index (χ4n) is 0.363. The maximum Gasteiger partial charge on any atom is 0.428 e. The Bertz CT molecular complexity index is 144. The minimum absolute atomic E-state index is 4.07. The maximum atomic E-state index is 11.6. The Balaban J connectivity index is 4.89. The van der Waals surface area contributed by atoms with Crippen molar-refractivity contribution in [2.75, 3.05) is 0 Å². The van der Waals surface area contributed by atoms with E-state index in [0.29, 0.717) is 0 Å². The zero-order valence-electron chi connectivity index (χ0n) is 5.32. The van der Waals surface area contributed by atoms with Gasteiger partial charge in [-0.3, -0.25) is 0 Å². The van der Waals surface area contributed by atoms with Crippen molar-refractivity contribution in [3.05, 3.63) is 0 Å². The molecule has 0 spiro atoms. The van der Waals surface area contributed by atoms with Crippen LogP contribution in [0.5, 0.6) is 0 Å². The molecule has 0 aromatic carbocycles. The van der Waals surface area contributed by atoms with Crippen molar-refractivity contribution in [1.29, 1.82) is 0 Å². The number of aliphatic hydroxyl groups excluding tert-OH is 1. The van der Waals surface area contributed by atoms with Gasteiger partial charge in [0, 0.05) is 0 Å². The number of aliphatic hydroxyl groups is 2. The van der Waals surface area contributed by atoms with Crippen LogP contribution < -0.4 is 0 Å². The number of halogens is 6. The minimum Gasteiger partial charge on any atom is -0.372 e. The molecule has 2 nitrogen and oxygen atoms in total. The molecular formula is C4H4F6O2. The van der Waals surface area contributed by atoms with Gasteiger partial charge in [0.15, 0.2) is 0 Å². The van der Waals surface area contributed by atoms with Gasteiger partial charge in [0.25, 0.3) is 12.0 Å². The van der Waals surface area contributed by atoms with E-state index in [0.717, 1.165) is 0 Å². The van der Waals surface area contributed by atoms with Gasteiger partial charge < -0.3 is 10.2 Å². The number of hydrogen-bond acceptors (Lipinski definition) is 2. The summed E-state index contributed by atoms with van der Waals surface area (Å²) in [6.07, 6.45) is -14.4. The first-order valence-electron chi connectivity index (χ1n) is 2.53. The lowest BCUT2D eigenvalue weighted by Gasteiger charge is -2.29. The molecule has 0 aliphatic rings. The summed E-state index contributed by atoms with van der Waals surface area (Å²) in [5, 5.41) is 15.7. The van der Waals surface area contributed by atoms with Gasteiger partial charge >= 0.3 is 6.18 Å². The number of alkyl halides is 6. The molecular weight excluding hydrogens is 194 g/mol. The van der Waals surface area contributed by atoms with Crippen LogP contribution in [0.3, 0.4) is 0 Å². The Labute approximate surface area is 62.4 Å². The molecule has 0 bridgehead atoms. The first-order valence-corrected chi connectivity index (χ1v) is 2.53. The molecule has 0 saturated heterocycles. The molecule has 0 amide bonds. The molecule has 0 aromatic heterocycles. The predicted molar refractivity (Wildman–Crippen MR) is 24.1 cm³/mol. The smallest absolute Gasteiger partial charge is 0.372 e. The molecule has 8 heteroatoms. The summed E-state index contributed by atoms with van der Waals surface area (Å²) >= 11 is 0. The van der Waals surface area contributed by atoms with E-state index >= 15 is 0 Å². The molecule has 0 aliphatic heterocycles. The van der Waals surface area contributed by atoms with E-state index in [1.54, 1.807) is 0 Å². The van der Waals surface area contributed by atoms with E-state index in [4.69, 9.17) is 10.2 Å². The highest BCUT2D eigenvalue weighted by Crippen LogP contribution is 2.38. The van der Waals surface area contributed by atoms with E-state index in [1.807, 2.05) is 0 Å². The first-order chi connectivity index (χ1) is 5.14. The summed E-state index contributed by atoms with van der Waals surface area (Å²) < 4.78 is 69.0. The monoisotopic (exact) mass is 198 g/mol. The van der Waals surface area contributed by atoms with Crippen LogP contribution in [0.2, 0.25) is 0 Å². The molecule has 0 radical (unpaired) electrons. The number of rotatable bonds is 2. The largest absolute Gasteiger partial charge is 0.428 e.